The average Bonchev–Trinajstić information content (AvgIpc) is 3.28. The van der Waals surface area contributed by atoms with Crippen LogP contribution in [-0.2, 0) is 58.7 Å². The first-order valence-corrected chi connectivity index (χ1v) is 33.3. The Labute approximate surface area is 498 Å². The second-order valence-electron chi connectivity index (χ2n) is 29.2. The summed E-state index contributed by atoms with van der Waals surface area (Å²) in [7, 11) is 0. The van der Waals surface area contributed by atoms with E-state index in [1.165, 1.54) is 33.4 Å². The Bertz CT molecular complexity index is 2770. The first-order chi connectivity index (χ1) is 34.2. The standard InChI is InChI=1S/C70H96GeO4.2CH3.Zr/c1-43(2)71(44(3)4,41-74-61-27-25-49(65(7,8)9)39-57(61)59-31-45(5)29-55(63(59)72)47-33-51(67(13,14)15)37-52(34-47)68(16,17)18)42-75-62-28-26-50(66(10,11)12)40-58(62)60-32-46(6)30-56(64(60)73)48-35-53(69(19,20)21)38-54(36-48)70(22,23)24;;;/h25-40,43-44,72-73H,41-42H2,1-24H3;2*1H3;/q;2*-1;/p+2. The molecule has 0 radical (unpaired) electrons. The molecule has 6 aromatic carbocycles. The van der Waals surface area contributed by atoms with Crippen molar-refractivity contribution in [1.82, 2.24) is 0 Å². The van der Waals surface area contributed by atoms with Gasteiger partial charge in [-0.25, -0.2) is 0 Å². The summed E-state index contributed by atoms with van der Waals surface area (Å²) in [6.07, 6.45) is 0. The molecule has 0 aliphatic carbocycles. The molecule has 0 saturated heterocycles. The van der Waals surface area contributed by atoms with Crippen molar-refractivity contribution >= 4 is 13.3 Å². The molecule has 424 valence electrons. The molecular weight excluding hydrogens is 1090 g/mol. The van der Waals surface area contributed by atoms with Gasteiger partial charge >= 0.3 is 461 Å². The van der Waals surface area contributed by atoms with Crippen LogP contribution in [0.4, 0.5) is 0 Å². The van der Waals surface area contributed by atoms with Crippen LogP contribution in [-0.4, -0.2) is 43.8 Å². The van der Waals surface area contributed by atoms with Crippen LogP contribution in [0.1, 0.15) is 197 Å². The van der Waals surface area contributed by atoms with E-state index in [0.29, 0.717) is 9.50 Å². The van der Waals surface area contributed by atoms with Crippen LogP contribution < -0.4 is 0 Å². The van der Waals surface area contributed by atoms with Crippen LogP contribution in [0, 0.1) is 28.7 Å². The first kappa shape index (κ1) is 68.2. The van der Waals surface area contributed by atoms with Gasteiger partial charge in [0.05, 0.1) is 0 Å². The molecule has 0 saturated carbocycles. The second kappa shape index (κ2) is 24.6. The number of ether oxygens (including phenoxy) is 2. The zero-order valence-corrected chi connectivity index (χ0v) is 58.2. The molecule has 0 fully saturated rings. The van der Waals surface area contributed by atoms with Crippen molar-refractivity contribution in [2.24, 2.45) is 0 Å². The normalized spacial score (nSPS) is 12.7. The van der Waals surface area contributed by atoms with Crippen molar-refractivity contribution in [2.45, 2.75) is 208 Å². The molecule has 0 aromatic heterocycles. The van der Waals surface area contributed by atoms with Gasteiger partial charge in [-0.1, -0.05) is 0 Å². The van der Waals surface area contributed by atoms with E-state index in [4.69, 9.17) is 9.47 Å². The van der Waals surface area contributed by atoms with E-state index in [9.17, 15) is 10.2 Å². The van der Waals surface area contributed by atoms with Gasteiger partial charge in [0.25, 0.3) is 0 Å². The molecule has 6 heteroatoms. The van der Waals surface area contributed by atoms with Crippen LogP contribution in [0.25, 0.3) is 44.5 Å². The molecule has 4 nitrogen and oxygen atoms in total. The number of rotatable bonds is 12. The number of phenols is 2. The molecule has 0 amide bonds. The van der Waals surface area contributed by atoms with Gasteiger partial charge in [0, 0.05) is 26.2 Å². The zero-order valence-electron chi connectivity index (χ0n) is 53.6. The maximum atomic E-state index is 12.7. The third-order valence-corrected chi connectivity index (χ3v) is 28.9. The minimum atomic E-state index is -3.11. The molecule has 6 aromatic rings. The molecular formula is C72H104GeO4Zr. The Morgan fingerprint density at radius 3 is 0.859 bits per heavy atom. The van der Waals surface area contributed by atoms with Gasteiger partial charge in [0.1, 0.15) is 0 Å². The van der Waals surface area contributed by atoms with Crippen LogP contribution in [0.3, 0.4) is 0 Å². The van der Waals surface area contributed by atoms with Crippen LogP contribution >= 0.6 is 0 Å². The fourth-order valence-electron chi connectivity index (χ4n) is 10.3. The maximum Gasteiger partial charge on any atom is 0 e. The second-order valence-corrected chi connectivity index (χ2v) is 40.5. The summed E-state index contributed by atoms with van der Waals surface area (Å²) in [6.45, 7) is 54.5. The largest absolute Gasteiger partial charge is 0.358 e. The quantitative estimate of drug-likeness (QED) is 0.0728. The van der Waals surface area contributed by atoms with Crippen molar-refractivity contribution in [3.63, 3.8) is 0 Å². The van der Waals surface area contributed by atoms with E-state index in [1.54, 1.807) is 0 Å². The van der Waals surface area contributed by atoms with Crippen molar-refractivity contribution in [3.8, 4) is 67.5 Å². The summed E-state index contributed by atoms with van der Waals surface area (Å²) in [5.74, 6) is 2.38. The molecule has 0 bridgehead atoms. The molecule has 0 heterocycles. The fourth-order valence-corrected chi connectivity index (χ4v) is 18.4. The molecule has 0 atom stereocenters. The van der Waals surface area contributed by atoms with Gasteiger partial charge in [0.15, 0.2) is 0 Å². The number of aryl methyl sites for hydroxylation is 2. The van der Waals surface area contributed by atoms with E-state index in [2.05, 4.69) is 263 Å². The minimum Gasteiger partial charge on any atom is -0.358 e. The number of aromatic hydroxyl groups is 4. The molecule has 6 rings (SSSR count). The summed E-state index contributed by atoms with van der Waals surface area (Å²) >= 11 is -3.11. The van der Waals surface area contributed by atoms with E-state index in [-0.39, 0.29) is 85.0 Å². The SMILES string of the molecule is Cc1cc(-c2cc(C(C)(C)C)cc(C(C)(C)C)c2)c(O)c(-c2cc(C(C)(C)C)ccc2[OH+][CH2][Ge]([CH2][OH+]c2ccc(C(C)(C)C)cc2-c2cc(C)cc(-c3cc(C(C)(C)C)cc(C(C)(C)C)c3)c2O)([CH](C)C)[CH](C)C)c1.[CH3-].[CH3-].[Zr]. The van der Waals surface area contributed by atoms with Gasteiger partial charge in [0.2, 0.25) is 0 Å². The number of hydrogen-bond acceptors (Lipinski definition) is 2. The van der Waals surface area contributed by atoms with E-state index in [1.807, 2.05) is 0 Å². The summed E-state index contributed by atoms with van der Waals surface area (Å²) < 4.78 is 12.2. The Balaban J connectivity index is 0.00000533. The molecule has 78 heavy (non-hydrogen) atoms. The summed E-state index contributed by atoms with van der Waals surface area (Å²) in [4.78, 5) is 0. The average molecular weight is 1200 g/mol. The monoisotopic (exact) mass is 1200 g/mol. The predicted octanol–water partition coefficient (Wildman–Crippen LogP) is 20.6. The predicted molar refractivity (Wildman–Crippen MR) is 341 cm³/mol. The van der Waals surface area contributed by atoms with E-state index >= 15 is 0 Å². The Morgan fingerprint density at radius 1 is 0.359 bits per heavy atom. The maximum absolute atomic E-state index is 12.7. The van der Waals surface area contributed by atoms with Crippen molar-refractivity contribution in [3.05, 3.63) is 156 Å². The Hall–Kier alpha value is -4.05. The third kappa shape index (κ3) is 15.3. The van der Waals surface area contributed by atoms with Gasteiger partial charge in [-0.05, 0) is 0 Å². The summed E-state index contributed by atoms with van der Waals surface area (Å²) in [5, 5.41) is 25.3. The van der Waals surface area contributed by atoms with Gasteiger partial charge in [-0.3, -0.25) is 0 Å². The number of aliphatic hydroxyl groups is 2. The zero-order chi connectivity index (χ0) is 56.3. The summed E-state index contributed by atoms with van der Waals surface area (Å²) in [6, 6.07) is 35.8. The third-order valence-electron chi connectivity index (χ3n) is 16.2. The molecule has 0 aliphatic rings. The van der Waals surface area contributed by atoms with Gasteiger partial charge in [-0.2, -0.15) is 0 Å². The first-order valence-electron chi connectivity index (χ1n) is 27.9. The molecule has 4 N–H and O–H groups in total. The van der Waals surface area contributed by atoms with Gasteiger partial charge < -0.3 is 14.9 Å². The van der Waals surface area contributed by atoms with Crippen LogP contribution in [0.15, 0.2) is 97.1 Å². The van der Waals surface area contributed by atoms with Gasteiger partial charge in [-0.15, -0.1) is 0 Å². The van der Waals surface area contributed by atoms with Crippen molar-refractivity contribution < 1.29 is 45.9 Å². The molecule has 0 aliphatic heterocycles. The van der Waals surface area contributed by atoms with Crippen molar-refractivity contribution in [2.75, 3.05) is 10.9 Å². The molecule has 0 unspecified atom stereocenters. The fraction of sp³-hybridized carbons (Fsp3) is 0.472. The number of phenolic OH excluding ortho intramolecular Hbond substituents is 2. The number of benzene rings is 6. The van der Waals surface area contributed by atoms with E-state index in [0.717, 1.165) is 78.0 Å². The minimum absolute atomic E-state index is 0. The number of hydrogen-bond donors (Lipinski definition) is 2. The van der Waals surface area contributed by atoms with E-state index < -0.39 is 13.3 Å². The van der Waals surface area contributed by atoms with Crippen molar-refractivity contribution in [1.29, 1.82) is 0 Å². The Kier molecular flexibility index (Phi) is 21.5. The topological polar surface area (TPSA) is 66.1 Å². The van der Waals surface area contributed by atoms with Crippen LogP contribution in [0.5, 0.6) is 23.0 Å². The van der Waals surface area contributed by atoms with Crippen LogP contribution in [0.2, 0.25) is 9.50 Å². The molecule has 0 spiro atoms. The smallest absolute Gasteiger partial charge is 0 e. The Morgan fingerprint density at radius 2 is 0.615 bits per heavy atom. The summed E-state index contributed by atoms with van der Waals surface area (Å²) in [5.41, 5.74) is 17.8.